The van der Waals surface area contributed by atoms with Crippen molar-refractivity contribution in [1.29, 1.82) is 0 Å². The topological polar surface area (TPSA) is 45.1 Å². The van der Waals surface area contributed by atoms with Crippen molar-refractivity contribution in [1.82, 2.24) is 9.91 Å². The van der Waals surface area contributed by atoms with Gasteiger partial charge in [-0.15, -0.1) is 0 Å². The molecule has 0 aromatic heterocycles. The molecule has 0 N–H and O–H groups in total. The van der Waals surface area contributed by atoms with Crippen LogP contribution < -0.4 is 0 Å². The zero-order chi connectivity index (χ0) is 26.1. The van der Waals surface area contributed by atoms with Crippen LogP contribution >= 0.6 is 15.9 Å². The SMILES string of the molecule is C=C/C=C(/C(C)N1CCC(c2ccc(C(=O)OC)cc2)CC1)N(C)/N=C\C=C(/C)Br.CC.CC. The average Bonchev–Trinajstić information content (AvgIpc) is 2.88. The Morgan fingerprint density at radius 3 is 2.21 bits per heavy atom. The van der Waals surface area contributed by atoms with Crippen LogP contribution in [0.2, 0.25) is 0 Å². The number of ether oxygens (including phenoxy) is 1. The molecule has 1 atom stereocenters. The number of hydrogen-bond acceptors (Lipinski definition) is 5. The first-order valence-electron chi connectivity index (χ1n) is 12.2. The summed E-state index contributed by atoms with van der Waals surface area (Å²) in [5, 5.41) is 6.43. The second-order valence-corrected chi connectivity index (χ2v) is 8.72. The molecule has 6 heteroatoms. The molecular weight excluding hydrogens is 490 g/mol. The van der Waals surface area contributed by atoms with Crippen molar-refractivity contribution < 1.29 is 9.53 Å². The van der Waals surface area contributed by atoms with Gasteiger partial charge in [-0.2, -0.15) is 5.10 Å². The van der Waals surface area contributed by atoms with E-state index in [1.807, 2.05) is 77.0 Å². The van der Waals surface area contributed by atoms with E-state index in [4.69, 9.17) is 4.74 Å². The quantitative estimate of drug-likeness (QED) is 0.151. The molecule has 1 aliphatic rings. The van der Waals surface area contributed by atoms with E-state index in [2.05, 4.69) is 51.6 Å². The Kier molecular flexibility index (Phi) is 17.0. The van der Waals surface area contributed by atoms with E-state index in [1.165, 1.54) is 12.7 Å². The van der Waals surface area contributed by atoms with Crippen LogP contribution in [0.25, 0.3) is 0 Å². The number of benzene rings is 1. The number of methoxy groups -OCH3 is 1. The minimum Gasteiger partial charge on any atom is -0.465 e. The fourth-order valence-electron chi connectivity index (χ4n) is 3.76. The summed E-state index contributed by atoms with van der Waals surface area (Å²) in [7, 11) is 3.37. The number of esters is 1. The van der Waals surface area contributed by atoms with E-state index in [9.17, 15) is 4.79 Å². The maximum Gasteiger partial charge on any atom is 0.337 e. The third kappa shape index (κ3) is 10.4. The van der Waals surface area contributed by atoms with Crippen LogP contribution in [0.3, 0.4) is 0 Å². The summed E-state index contributed by atoms with van der Waals surface area (Å²) in [6, 6.07) is 8.07. The minimum atomic E-state index is -0.291. The molecule has 1 aromatic carbocycles. The predicted molar refractivity (Wildman–Crippen MR) is 151 cm³/mol. The lowest BCUT2D eigenvalue weighted by Crippen LogP contribution is -2.42. The molecule has 2 rings (SSSR count). The Labute approximate surface area is 216 Å². The molecule has 1 unspecified atom stereocenters. The number of carbonyl (C=O) groups is 1. The second kappa shape index (κ2) is 18.2. The lowest BCUT2D eigenvalue weighted by molar-refractivity contribution is 0.0600. The van der Waals surface area contributed by atoms with Crippen LogP contribution in [0.5, 0.6) is 0 Å². The summed E-state index contributed by atoms with van der Waals surface area (Å²) >= 11 is 3.41. The number of piperidine rings is 1. The van der Waals surface area contributed by atoms with E-state index >= 15 is 0 Å². The normalized spacial score (nSPS) is 16.0. The second-order valence-electron chi connectivity index (χ2n) is 7.47. The number of rotatable bonds is 8. The molecule has 1 aliphatic heterocycles. The Bertz CT molecular complexity index is 803. The first-order chi connectivity index (χ1) is 16.4. The fraction of sp³-hybridized carbons (Fsp3) is 0.500. The van der Waals surface area contributed by atoms with Crippen molar-refractivity contribution in [3.8, 4) is 0 Å². The number of nitrogens with zero attached hydrogens (tertiary/aromatic N) is 3. The van der Waals surface area contributed by atoms with Gasteiger partial charge >= 0.3 is 5.97 Å². The molecule has 0 saturated carbocycles. The van der Waals surface area contributed by atoms with Crippen molar-refractivity contribution in [2.24, 2.45) is 5.10 Å². The Morgan fingerprint density at radius 1 is 1.18 bits per heavy atom. The van der Waals surface area contributed by atoms with Gasteiger partial charge in [0.25, 0.3) is 0 Å². The molecule has 190 valence electrons. The highest BCUT2D eigenvalue weighted by Gasteiger charge is 2.26. The Hall–Kier alpha value is -2.18. The fourth-order valence-corrected chi connectivity index (χ4v) is 3.88. The van der Waals surface area contributed by atoms with Gasteiger partial charge in [-0.1, -0.05) is 68.4 Å². The number of likely N-dealkylation sites (tertiary alicyclic amines) is 1. The highest BCUT2D eigenvalue weighted by atomic mass is 79.9. The number of carbonyl (C=O) groups excluding carboxylic acids is 1. The molecule has 0 spiro atoms. The van der Waals surface area contributed by atoms with Gasteiger partial charge in [-0.3, -0.25) is 9.91 Å². The average molecular weight is 535 g/mol. The molecular formula is C28H44BrN3O2. The van der Waals surface area contributed by atoms with Gasteiger partial charge in [0.1, 0.15) is 0 Å². The van der Waals surface area contributed by atoms with Crippen LogP contribution in [0.1, 0.15) is 76.2 Å². The Morgan fingerprint density at radius 2 is 1.74 bits per heavy atom. The summed E-state index contributed by atoms with van der Waals surface area (Å²) < 4.78 is 5.81. The third-order valence-corrected chi connectivity index (χ3v) is 5.78. The molecule has 0 aliphatic carbocycles. The van der Waals surface area contributed by atoms with Crippen LogP contribution in [0, 0.1) is 0 Å². The summed E-state index contributed by atoms with van der Waals surface area (Å²) in [4.78, 5) is 14.1. The van der Waals surface area contributed by atoms with Gasteiger partial charge < -0.3 is 4.74 Å². The van der Waals surface area contributed by atoms with Gasteiger partial charge in [-0.05, 0) is 80.0 Å². The number of halogens is 1. The monoisotopic (exact) mass is 533 g/mol. The number of allylic oxidation sites excluding steroid dienone is 4. The number of likely N-dealkylation sites (N-methyl/N-ethyl adjacent to an activating group) is 1. The maximum atomic E-state index is 11.6. The van der Waals surface area contributed by atoms with Crippen LogP contribution in [-0.4, -0.2) is 55.4 Å². The third-order valence-electron chi connectivity index (χ3n) is 5.51. The first-order valence-corrected chi connectivity index (χ1v) is 13.0. The molecule has 34 heavy (non-hydrogen) atoms. The lowest BCUT2D eigenvalue weighted by atomic mass is 9.88. The molecule has 5 nitrogen and oxygen atoms in total. The van der Waals surface area contributed by atoms with Crippen LogP contribution in [-0.2, 0) is 4.74 Å². The number of hydrazone groups is 1. The zero-order valence-corrected chi connectivity index (χ0v) is 23.9. The van der Waals surface area contributed by atoms with E-state index in [0.29, 0.717) is 11.5 Å². The van der Waals surface area contributed by atoms with Gasteiger partial charge in [0, 0.05) is 19.3 Å². The molecule has 1 heterocycles. The van der Waals surface area contributed by atoms with E-state index in [-0.39, 0.29) is 12.0 Å². The van der Waals surface area contributed by atoms with Crippen molar-refractivity contribution >= 4 is 28.1 Å². The van der Waals surface area contributed by atoms with E-state index in [1.54, 1.807) is 6.21 Å². The molecule has 1 fully saturated rings. The first kappa shape index (κ1) is 31.8. The molecule has 0 amide bonds. The zero-order valence-electron chi connectivity index (χ0n) is 22.3. The largest absolute Gasteiger partial charge is 0.465 e. The summed E-state index contributed by atoms with van der Waals surface area (Å²) in [6.45, 7) is 18.1. The summed E-state index contributed by atoms with van der Waals surface area (Å²) in [5.41, 5.74) is 3.00. The van der Waals surface area contributed by atoms with Gasteiger partial charge in [0.05, 0.1) is 18.4 Å². The predicted octanol–water partition coefficient (Wildman–Crippen LogP) is 7.38. The molecule has 1 aromatic rings. The van der Waals surface area contributed by atoms with Crippen LogP contribution in [0.15, 0.2) is 64.4 Å². The smallest absolute Gasteiger partial charge is 0.337 e. The van der Waals surface area contributed by atoms with Gasteiger partial charge in [0.15, 0.2) is 0 Å². The van der Waals surface area contributed by atoms with Crippen molar-refractivity contribution in [3.05, 3.63) is 70.4 Å². The minimum absolute atomic E-state index is 0.238. The summed E-state index contributed by atoms with van der Waals surface area (Å²) in [5.74, 6) is 0.218. The van der Waals surface area contributed by atoms with Gasteiger partial charge in [0.2, 0.25) is 0 Å². The van der Waals surface area contributed by atoms with Crippen molar-refractivity contribution in [2.45, 2.75) is 66.3 Å². The van der Waals surface area contributed by atoms with Crippen molar-refractivity contribution in [3.63, 3.8) is 0 Å². The molecule has 0 bridgehead atoms. The van der Waals surface area contributed by atoms with Gasteiger partial charge in [-0.25, -0.2) is 4.79 Å². The van der Waals surface area contributed by atoms with E-state index < -0.39 is 0 Å². The molecule has 0 radical (unpaired) electrons. The summed E-state index contributed by atoms with van der Waals surface area (Å²) in [6.07, 6.45) is 9.73. The highest BCUT2D eigenvalue weighted by molar-refractivity contribution is 9.11. The van der Waals surface area contributed by atoms with E-state index in [0.717, 1.165) is 36.1 Å². The lowest BCUT2D eigenvalue weighted by Gasteiger charge is -2.38. The molecule has 1 saturated heterocycles. The number of hydrogen-bond donors (Lipinski definition) is 0. The van der Waals surface area contributed by atoms with Crippen LogP contribution in [0.4, 0.5) is 0 Å². The maximum absolute atomic E-state index is 11.6. The van der Waals surface area contributed by atoms with Crippen molar-refractivity contribution in [2.75, 3.05) is 27.2 Å². The standard InChI is InChI=1S/C24H32BrN3O2.2C2H6/c1-6-7-23(27(4)26-15-12-18(2)25)19(3)28-16-13-21(14-17-28)20-8-10-22(11-9-20)24(29)30-5;2*1-2/h6-12,15,19,21H,1,13-14,16-17H2,2-5H3;2*1-2H3/b18-12+,23-7-,26-15-;;. The highest BCUT2D eigenvalue weighted by Crippen LogP contribution is 2.30. The Balaban J connectivity index is 0.00000258.